The van der Waals surface area contributed by atoms with Crippen molar-refractivity contribution >= 4 is 17.5 Å². The largest absolute Gasteiger partial charge is 0.497 e. The zero-order valence-corrected chi connectivity index (χ0v) is 15.9. The summed E-state index contributed by atoms with van der Waals surface area (Å²) in [5.41, 5.74) is 6.77. The van der Waals surface area contributed by atoms with Gasteiger partial charge in [-0.2, -0.15) is 0 Å². The molecule has 7 heteroatoms. The molecular formula is C22H19FN2O4. The molecular weight excluding hydrogens is 375 g/mol. The Labute approximate surface area is 167 Å². The molecule has 148 valence electrons. The van der Waals surface area contributed by atoms with E-state index in [9.17, 15) is 14.0 Å². The molecule has 0 spiro atoms. The minimum atomic E-state index is -0.596. The summed E-state index contributed by atoms with van der Waals surface area (Å²) in [6.07, 6.45) is 0. The smallest absolute Gasteiger partial charge is 0.259 e. The number of amides is 2. The number of methoxy groups -OCH3 is 1. The lowest BCUT2D eigenvalue weighted by molar-refractivity contribution is 0.0995. The van der Waals surface area contributed by atoms with Crippen LogP contribution < -0.4 is 20.5 Å². The summed E-state index contributed by atoms with van der Waals surface area (Å²) in [6.45, 7) is 1.70. The molecule has 0 heterocycles. The summed E-state index contributed by atoms with van der Waals surface area (Å²) in [5.74, 6) is -0.294. The molecule has 0 aliphatic heterocycles. The van der Waals surface area contributed by atoms with Crippen molar-refractivity contribution in [3.63, 3.8) is 0 Å². The normalized spacial score (nSPS) is 10.3. The van der Waals surface area contributed by atoms with E-state index in [1.165, 1.54) is 31.4 Å². The highest BCUT2D eigenvalue weighted by Gasteiger charge is 2.16. The van der Waals surface area contributed by atoms with E-state index in [-0.39, 0.29) is 22.7 Å². The van der Waals surface area contributed by atoms with Crippen LogP contribution in [0.5, 0.6) is 17.2 Å². The van der Waals surface area contributed by atoms with E-state index < -0.39 is 11.8 Å². The zero-order valence-electron chi connectivity index (χ0n) is 15.9. The fourth-order valence-electron chi connectivity index (χ4n) is 2.70. The third-order valence-electron chi connectivity index (χ3n) is 4.20. The maximum Gasteiger partial charge on any atom is 0.259 e. The lowest BCUT2D eigenvalue weighted by atomic mass is 10.1. The van der Waals surface area contributed by atoms with Gasteiger partial charge >= 0.3 is 0 Å². The van der Waals surface area contributed by atoms with Crippen LogP contribution in [0, 0.1) is 12.7 Å². The van der Waals surface area contributed by atoms with Gasteiger partial charge in [-0.3, -0.25) is 9.59 Å². The van der Waals surface area contributed by atoms with E-state index >= 15 is 0 Å². The van der Waals surface area contributed by atoms with Crippen LogP contribution in [0.4, 0.5) is 10.1 Å². The highest BCUT2D eigenvalue weighted by Crippen LogP contribution is 2.32. The number of hydrogen-bond acceptors (Lipinski definition) is 4. The Morgan fingerprint density at radius 2 is 1.79 bits per heavy atom. The van der Waals surface area contributed by atoms with Crippen LogP contribution in [0.15, 0.2) is 60.7 Å². The number of halogens is 1. The fraction of sp³-hybridized carbons (Fsp3) is 0.0909. The minimum Gasteiger partial charge on any atom is -0.497 e. The van der Waals surface area contributed by atoms with Crippen molar-refractivity contribution in [1.82, 2.24) is 0 Å². The first-order chi connectivity index (χ1) is 13.9. The lowest BCUT2D eigenvalue weighted by Gasteiger charge is -2.14. The van der Waals surface area contributed by atoms with Gasteiger partial charge in [0.25, 0.3) is 5.91 Å². The second-order valence-corrected chi connectivity index (χ2v) is 6.27. The van der Waals surface area contributed by atoms with Gasteiger partial charge < -0.3 is 20.5 Å². The highest BCUT2D eigenvalue weighted by atomic mass is 19.1. The summed E-state index contributed by atoms with van der Waals surface area (Å²) in [6, 6.07) is 15.1. The number of ether oxygens (including phenoxy) is 2. The summed E-state index contributed by atoms with van der Waals surface area (Å²) in [5, 5.41) is 2.71. The predicted molar refractivity (Wildman–Crippen MR) is 107 cm³/mol. The molecule has 6 nitrogen and oxygen atoms in total. The van der Waals surface area contributed by atoms with Gasteiger partial charge in [0.05, 0.1) is 12.7 Å². The first kappa shape index (κ1) is 19.9. The second-order valence-electron chi connectivity index (χ2n) is 6.27. The summed E-state index contributed by atoms with van der Waals surface area (Å²) >= 11 is 0. The van der Waals surface area contributed by atoms with Crippen LogP contribution in [0.25, 0.3) is 0 Å². The van der Waals surface area contributed by atoms with Gasteiger partial charge in [-0.1, -0.05) is 6.07 Å². The van der Waals surface area contributed by atoms with Gasteiger partial charge in [-0.25, -0.2) is 4.39 Å². The van der Waals surface area contributed by atoms with Gasteiger partial charge in [0.2, 0.25) is 5.91 Å². The molecule has 2 amide bonds. The van der Waals surface area contributed by atoms with Crippen molar-refractivity contribution < 1.29 is 23.5 Å². The number of carbonyl (C=O) groups excluding carboxylic acids is 2. The molecule has 0 aromatic heterocycles. The molecule has 3 rings (SSSR count). The first-order valence-electron chi connectivity index (χ1n) is 8.70. The monoisotopic (exact) mass is 394 g/mol. The molecule has 3 aromatic rings. The number of nitrogens with one attached hydrogen (secondary N) is 1. The maximum atomic E-state index is 13.4. The van der Waals surface area contributed by atoms with Crippen LogP contribution in [0.3, 0.4) is 0 Å². The van der Waals surface area contributed by atoms with Crippen molar-refractivity contribution in [2.24, 2.45) is 5.73 Å². The van der Waals surface area contributed by atoms with E-state index in [2.05, 4.69) is 5.32 Å². The van der Waals surface area contributed by atoms with Gasteiger partial charge in [-0.05, 0) is 61.0 Å². The van der Waals surface area contributed by atoms with Gasteiger partial charge in [0, 0.05) is 17.3 Å². The number of aryl methyl sites for hydroxylation is 1. The fourth-order valence-corrected chi connectivity index (χ4v) is 2.70. The Kier molecular flexibility index (Phi) is 5.78. The molecule has 0 saturated carbocycles. The van der Waals surface area contributed by atoms with E-state index in [1.54, 1.807) is 43.3 Å². The number of carbonyl (C=O) groups is 2. The molecule has 0 radical (unpaired) electrons. The van der Waals surface area contributed by atoms with Crippen molar-refractivity contribution in [2.45, 2.75) is 6.92 Å². The Bertz CT molecular complexity index is 1080. The van der Waals surface area contributed by atoms with E-state index in [4.69, 9.17) is 15.2 Å². The summed E-state index contributed by atoms with van der Waals surface area (Å²) in [4.78, 5) is 24.2. The van der Waals surface area contributed by atoms with Gasteiger partial charge in [0.15, 0.2) is 0 Å². The van der Waals surface area contributed by atoms with Crippen LogP contribution in [0.2, 0.25) is 0 Å². The highest BCUT2D eigenvalue weighted by molar-refractivity contribution is 6.07. The SMILES string of the molecule is COc1ccc(C(=O)Nc2cccc(C(N)=O)c2)c(Oc2ccc(F)cc2C)c1. The summed E-state index contributed by atoms with van der Waals surface area (Å²) < 4.78 is 24.5. The van der Waals surface area contributed by atoms with Gasteiger partial charge in [-0.15, -0.1) is 0 Å². The number of nitrogens with two attached hydrogens (primary N) is 1. The second kappa shape index (κ2) is 8.43. The third kappa shape index (κ3) is 4.70. The molecule has 0 unspecified atom stereocenters. The molecule has 0 bridgehead atoms. The molecule has 3 N–H and O–H groups in total. The first-order valence-corrected chi connectivity index (χ1v) is 8.70. The van der Waals surface area contributed by atoms with E-state index in [0.29, 0.717) is 22.7 Å². The molecule has 0 atom stereocenters. The molecule has 0 fully saturated rings. The van der Waals surface area contributed by atoms with Crippen LogP contribution in [0.1, 0.15) is 26.3 Å². The van der Waals surface area contributed by atoms with Gasteiger partial charge in [0.1, 0.15) is 23.1 Å². The molecule has 3 aromatic carbocycles. The minimum absolute atomic E-state index is 0.235. The standard InChI is InChI=1S/C22H19FN2O4/c1-13-10-15(23)6-9-19(13)29-20-12-17(28-2)7-8-18(20)22(27)25-16-5-3-4-14(11-16)21(24)26/h3-12H,1-2H3,(H2,24,26)(H,25,27). The van der Waals surface area contributed by atoms with E-state index in [1.807, 2.05) is 0 Å². The Morgan fingerprint density at radius 3 is 2.48 bits per heavy atom. The Morgan fingerprint density at radius 1 is 1.00 bits per heavy atom. The average Bonchev–Trinajstić information content (AvgIpc) is 2.70. The van der Waals surface area contributed by atoms with Crippen molar-refractivity contribution in [1.29, 1.82) is 0 Å². The van der Waals surface area contributed by atoms with Crippen LogP contribution in [-0.4, -0.2) is 18.9 Å². The third-order valence-corrected chi connectivity index (χ3v) is 4.20. The topological polar surface area (TPSA) is 90.6 Å². The molecule has 0 aliphatic rings. The zero-order chi connectivity index (χ0) is 21.0. The quantitative estimate of drug-likeness (QED) is 0.653. The van der Waals surface area contributed by atoms with Crippen molar-refractivity contribution in [3.05, 3.63) is 83.2 Å². The molecule has 29 heavy (non-hydrogen) atoms. The number of primary amides is 1. The molecule has 0 aliphatic carbocycles. The van der Waals surface area contributed by atoms with Crippen molar-refractivity contribution in [3.8, 4) is 17.2 Å². The number of anilines is 1. The average molecular weight is 394 g/mol. The van der Waals surface area contributed by atoms with Crippen LogP contribution >= 0.6 is 0 Å². The van der Waals surface area contributed by atoms with Crippen molar-refractivity contribution in [2.75, 3.05) is 12.4 Å². The lowest BCUT2D eigenvalue weighted by Crippen LogP contribution is -2.15. The summed E-state index contributed by atoms with van der Waals surface area (Å²) in [7, 11) is 1.50. The number of hydrogen-bond donors (Lipinski definition) is 2. The number of benzene rings is 3. The maximum absolute atomic E-state index is 13.4. The Hall–Kier alpha value is -3.87. The van der Waals surface area contributed by atoms with Crippen LogP contribution in [-0.2, 0) is 0 Å². The molecule has 0 saturated heterocycles. The predicted octanol–water partition coefficient (Wildman–Crippen LogP) is 4.29. The van der Waals surface area contributed by atoms with E-state index in [0.717, 1.165) is 0 Å². The Balaban J connectivity index is 1.93. The number of rotatable bonds is 6.